The minimum Gasteiger partial charge on any atom is -0.493 e. The molecule has 0 unspecified atom stereocenters. The summed E-state index contributed by atoms with van der Waals surface area (Å²) in [6.45, 7) is 2.45. The minimum atomic E-state index is -0.0923. The quantitative estimate of drug-likeness (QED) is 0.343. The smallest absolute Gasteiger partial charge is 0.266 e. The lowest BCUT2D eigenvalue weighted by atomic mass is 10.1. The lowest BCUT2D eigenvalue weighted by Gasteiger charge is -2.14. The summed E-state index contributed by atoms with van der Waals surface area (Å²) in [7, 11) is 3.34. The van der Waals surface area contributed by atoms with Gasteiger partial charge in [0.15, 0.2) is 16.7 Å². The van der Waals surface area contributed by atoms with Crippen molar-refractivity contribution in [1.29, 1.82) is 0 Å². The SMILES string of the molecule is COc1cc(/C=C2/SC(=Nc3ccc(C)cc3)N(C)C2=O)cc(Br)c1OCc1ccccc1. The molecule has 7 heteroatoms. The van der Waals surface area contributed by atoms with Crippen molar-refractivity contribution in [2.45, 2.75) is 13.5 Å². The zero-order valence-corrected chi connectivity index (χ0v) is 20.9. The van der Waals surface area contributed by atoms with E-state index in [1.807, 2.05) is 79.7 Å². The molecule has 0 aliphatic carbocycles. The highest BCUT2D eigenvalue weighted by Gasteiger charge is 2.30. The van der Waals surface area contributed by atoms with Crippen LogP contribution in [0.5, 0.6) is 11.5 Å². The molecule has 1 aliphatic rings. The number of aliphatic imine (C=N–C) groups is 1. The number of methoxy groups -OCH3 is 1. The van der Waals surface area contributed by atoms with Crippen molar-refractivity contribution in [3.05, 3.63) is 92.8 Å². The van der Waals surface area contributed by atoms with Crippen molar-refractivity contribution in [2.75, 3.05) is 14.2 Å². The first-order valence-corrected chi connectivity index (χ1v) is 11.9. The predicted octanol–water partition coefficient (Wildman–Crippen LogP) is 6.58. The molecule has 0 aromatic heterocycles. The molecular weight excluding hydrogens is 500 g/mol. The van der Waals surface area contributed by atoms with Gasteiger partial charge in [0.1, 0.15) is 6.61 Å². The maximum absolute atomic E-state index is 12.8. The summed E-state index contributed by atoms with van der Waals surface area (Å²) in [6.07, 6.45) is 1.84. The number of amidine groups is 1. The molecule has 0 bridgehead atoms. The van der Waals surface area contributed by atoms with Crippen molar-refractivity contribution in [1.82, 2.24) is 4.90 Å². The highest BCUT2D eigenvalue weighted by molar-refractivity contribution is 9.10. The van der Waals surface area contributed by atoms with Gasteiger partial charge in [0, 0.05) is 7.05 Å². The van der Waals surface area contributed by atoms with Gasteiger partial charge in [0.25, 0.3) is 5.91 Å². The molecule has 1 heterocycles. The zero-order chi connectivity index (χ0) is 23.4. The highest BCUT2D eigenvalue weighted by Crippen LogP contribution is 2.39. The largest absolute Gasteiger partial charge is 0.493 e. The van der Waals surface area contributed by atoms with E-state index in [2.05, 4.69) is 20.9 Å². The van der Waals surface area contributed by atoms with E-state index >= 15 is 0 Å². The predicted molar refractivity (Wildman–Crippen MR) is 138 cm³/mol. The average Bonchev–Trinajstić information content (AvgIpc) is 3.07. The van der Waals surface area contributed by atoms with Gasteiger partial charge in [-0.05, 0) is 76.1 Å². The molecular formula is C26H23BrN2O3S. The lowest BCUT2D eigenvalue weighted by molar-refractivity contribution is -0.121. The molecule has 0 saturated carbocycles. The van der Waals surface area contributed by atoms with Gasteiger partial charge in [-0.25, -0.2) is 4.99 Å². The zero-order valence-electron chi connectivity index (χ0n) is 18.5. The molecule has 33 heavy (non-hydrogen) atoms. The Morgan fingerprint density at radius 2 is 1.82 bits per heavy atom. The first-order chi connectivity index (χ1) is 15.9. The minimum absolute atomic E-state index is 0.0923. The summed E-state index contributed by atoms with van der Waals surface area (Å²) in [5, 5.41) is 0.643. The van der Waals surface area contributed by atoms with Gasteiger partial charge in [-0.3, -0.25) is 9.69 Å². The summed E-state index contributed by atoms with van der Waals surface area (Å²) in [6, 6.07) is 21.6. The number of hydrogen-bond donors (Lipinski definition) is 0. The summed E-state index contributed by atoms with van der Waals surface area (Å²) in [4.78, 5) is 19.6. The molecule has 0 spiro atoms. The van der Waals surface area contributed by atoms with E-state index in [9.17, 15) is 4.79 Å². The molecule has 4 rings (SSSR count). The first-order valence-electron chi connectivity index (χ1n) is 10.3. The molecule has 3 aromatic carbocycles. The van der Waals surface area contributed by atoms with Crippen molar-refractivity contribution >= 4 is 50.5 Å². The van der Waals surface area contributed by atoms with Crippen LogP contribution in [0, 0.1) is 6.92 Å². The molecule has 0 atom stereocenters. The number of hydrogen-bond acceptors (Lipinski definition) is 5. The van der Waals surface area contributed by atoms with Gasteiger partial charge >= 0.3 is 0 Å². The van der Waals surface area contributed by atoms with Crippen molar-refractivity contribution in [2.24, 2.45) is 4.99 Å². The number of rotatable bonds is 6. The van der Waals surface area contributed by atoms with Crippen LogP contribution in [0.2, 0.25) is 0 Å². The van der Waals surface area contributed by atoms with Crippen LogP contribution in [-0.4, -0.2) is 30.1 Å². The second-order valence-corrected chi connectivity index (χ2v) is 9.38. The lowest BCUT2D eigenvalue weighted by Crippen LogP contribution is -2.23. The molecule has 1 aliphatic heterocycles. The Morgan fingerprint density at radius 1 is 1.09 bits per heavy atom. The summed E-state index contributed by atoms with van der Waals surface area (Å²) in [5.41, 5.74) is 3.87. The number of amides is 1. The summed E-state index contributed by atoms with van der Waals surface area (Å²) >= 11 is 4.94. The highest BCUT2D eigenvalue weighted by atomic mass is 79.9. The number of likely N-dealkylation sites (N-methyl/N-ethyl adjacent to an activating group) is 1. The van der Waals surface area contributed by atoms with Gasteiger partial charge in [0.05, 0.1) is 22.2 Å². The summed E-state index contributed by atoms with van der Waals surface area (Å²) in [5.74, 6) is 1.11. The van der Waals surface area contributed by atoms with Gasteiger partial charge in [-0.15, -0.1) is 0 Å². The Morgan fingerprint density at radius 3 is 2.52 bits per heavy atom. The number of carbonyl (C=O) groups is 1. The van der Waals surface area contributed by atoms with E-state index in [0.717, 1.165) is 21.3 Å². The fraction of sp³-hybridized carbons (Fsp3) is 0.154. The van der Waals surface area contributed by atoms with E-state index in [-0.39, 0.29) is 5.91 Å². The van der Waals surface area contributed by atoms with Crippen LogP contribution < -0.4 is 9.47 Å². The Labute approximate surface area is 206 Å². The van der Waals surface area contributed by atoms with Crippen LogP contribution in [0.25, 0.3) is 6.08 Å². The molecule has 1 amide bonds. The van der Waals surface area contributed by atoms with Gasteiger partial charge in [0.2, 0.25) is 0 Å². The van der Waals surface area contributed by atoms with E-state index in [1.54, 1.807) is 19.1 Å². The number of thioether (sulfide) groups is 1. The number of ether oxygens (including phenoxy) is 2. The third kappa shape index (κ3) is 5.49. The van der Waals surface area contributed by atoms with Crippen molar-refractivity contribution < 1.29 is 14.3 Å². The maximum atomic E-state index is 12.8. The third-order valence-corrected chi connectivity index (χ3v) is 6.69. The van der Waals surface area contributed by atoms with Crippen molar-refractivity contribution in [3.8, 4) is 11.5 Å². The molecule has 1 fully saturated rings. The van der Waals surface area contributed by atoms with Crippen LogP contribution in [0.3, 0.4) is 0 Å². The van der Waals surface area contributed by atoms with Crippen LogP contribution in [-0.2, 0) is 11.4 Å². The number of nitrogens with zero attached hydrogens (tertiary/aromatic N) is 2. The fourth-order valence-corrected chi connectivity index (χ4v) is 4.79. The Hall–Kier alpha value is -3.03. The van der Waals surface area contributed by atoms with E-state index in [0.29, 0.717) is 28.2 Å². The van der Waals surface area contributed by atoms with Crippen molar-refractivity contribution in [3.63, 3.8) is 0 Å². The molecule has 1 saturated heterocycles. The van der Waals surface area contributed by atoms with E-state index < -0.39 is 0 Å². The van der Waals surface area contributed by atoms with Gasteiger partial charge in [-0.2, -0.15) is 0 Å². The summed E-state index contributed by atoms with van der Waals surface area (Å²) < 4.78 is 12.3. The molecule has 0 radical (unpaired) electrons. The molecule has 0 N–H and O–H groups in total. The molecule has 3 aromatic rings. The number of carbonyl (C=O) groups excluding carboxylic acids is 1. The average molecular weight is 523 g/mol. The maximum Gasteiger partial charge on any atom is 0.266 e. The number of aryl methyl sites for hydroxylation is 1. The topological polar surface area (TPSA) is 51.1 Å². The van der Waals surface area contributed by atoms with E-state index in [4.69, 9.17) is 9.47 Å². The number of benzene rings is 3. The van der Waals surface area contributed by atoms with Crippen LogP contribution in [0.4, 0.5) is 5.69 Å². The first kappa shape index (κ1) is 23.1. The fourth-order valence-electron chi connectivity index (χ4n) is 3.23. The Balaban J connectivity index is 1.57. The van der Waals surface area contributed by atoms with Crippen LogP contribution >= 0.6 is 27.7 Å². The second kappa shape index (κ2) is 10.3. The Kier molecular flexibility index (Phi) is 7.20. The standard InChI is InChI=1S/C26H23BrN2O3S/c1-17-9-11-20(12-10-17)28-26-29(2)25(30)23(33-26)15-19-13-21(27)24(22(14-19)31-3)32-16-18-7-5-4-6-8-18/h4-15H,16H2,1-3H3/b23-15+,28-26?. The van der Waals surface area contributed by atoms with E-state index in [1.165, 1.54) is 17.3 Å². The molecule has 5 nitrogen and oxygen atoms in total. The van der Waals surface area contributed by atoms with Gasteiger partial charge in [-0.1, -0.05) is 48.0 Å². The molecule has 168 valence electrons. The Bertz CT molecular complexity index is 1220. The number of halogens is 1. The monoisotopic (exact) mass is 522 g/mol. The van der Waals surface area contributed by atoms with Crippen LogP contribution in [0.15, 0.2) is 81.1 Å². The second-order valence-electron chi connectivity index (χ2n) is 7.51. The third-order valence-electron chi connectivity index (χ3n) is 5.04. The van der Waals surface area contributed by atoms with Gasteiger partial charge < -0.3 is 9.47 Å². The van der Waals surface area contributed by atoms with Crippen LogP contribution in [0.1, 0.15) is 16.7 Å². The normalized spacial score (nSPS) is 16.0.